The van der Waals surface area contributed by atoms with Crippen LogP contribution >= 0.6 is 0 Å². The summed E-state index contributed by atoms with van der Waals surface area (Å²) >= 11 is 0. The van der Waals surface area contributed by atoms with Gasteiger partial charge < -0.3 is 9.47 Å². The minimum Gasteiger partial charge on any atom is -0.468 e. The summed E-state index contributed by atoms with van der Waals surface area (Å²) < 4.78 is 39.5. The lowest BCUT2D eigenvalue weighted by Crippen LogP contribution is -2.55. The van der Waals surface area contributed by atoms with Crippen molar-refractivity contribution in [3.63, 3.8) is 0 Å². The van der Waals surface area contributed by atoms with Crippen LogP contribution in [0.3, 0.4) is 0 Å². The first-order valence-corrected chi connectivity index (χ1v) is 9.62. The van der Waals surface area contributed by atoms with Crippen molar-refractivity contribution in [2.24, 2.45) is 17.3 Å². The summed E-state index contributed by atoms with van der Waals surface area (Å²) in [5, 5.41) is 0. The number of rotatable bonds is 4. The zero-order chi connectivity index (χ0) is 18.1. The first-order valence-electron chi connectivity index (χ1n) is 8.21. The molecule has 5 unspecified atom stereocenters. The van der Waals surface area contributed by atoms with Gasteiger partial charge in [-0.15, -0.1) is 0 Å². The van der Waals surface area contributed by atoms with E-state index < -0.39 is 43.9 Å². The lowest BCUT2D eigenvalue weighted by molar-refractivity contribution is -0.175. The number of carbonyl (C=O) groups excluding carboxylic acids is 2. The van der Waals surface area contributed by atoms with Crippen LogP contribution in [0.1, 0.15) is 47.0 Å². The Balaban J connectivity index is 1.97. The Morgan fingerprint density at radius 2 is 1.96 bits per heavy atom. The highest BCUT2D eigenvalue weighted by Gasteiger charge is 2.82. The van der Waals surface area contributed by atoms with Crippen molar-refractivity contribution in [2.45, 2.75) is 63.4 Å². The molecule has 2 saturated carbocycles. The number of carbonyl (C=O) groups is 2. The average molecular weight is 360 g/mol. The van der Waals surface area contributed by atoms with E-state index in [4.69, 9.17) is 13.7 Å². The molecule has 5 atom stereocenters. The Bertz CT molecular complexity index is 697. The largest absolute Gasteiger partial charge is 0.468 e. The Hall–Kier alpha value is -1.15. The Morgan fingerprint density at radius 1 is 1.33 bits per heavy atom. The van der Waals surface area contributed by atoms with Gasteiger partial charge in [-0.3, -0.25) is 13.8 Å². The molecule has 2 bridgehead atoms. The zero-order valence-corrected chi connectivity index (χ0v) is 15.4. The Kier molecular flexibility index (Phi) is 3.64. The normalized spacial score (nSPS) is 42.1. The molecule has 0 radical (unpaired) electrons. The molecule has 3 rings (SSSR count). The topological polar surface area (TPSA) is 96.0 Å². The van der Waals surface area contributed by atoms with Gasteiger partial charge in [-0.2, -0.15) is 8.42 Å². The molecule has 0 aromatic heterocycles. The fourth-order valence-corrected chi connectivity index (χ4v) is 6.74. The van der Waals surface area contributed by atoms with Crippen molar-refractivity contribution in [1.29, 1.82) is 0 Å². The zero-order valence-electron chi connectivity index (χ0n) is 14.6. The number of fused-ring (bicyclic) bond motifs is 1. The predicted octanol–water partition coefficient (Wildman–Crippen LogP) is 1.40. The minimum absolute atomic E-state index is 0.0762. The van der Waals surface area contributed by atoms with E-state index in [0.717, 1.165) is 0 Å². The monoisotopic (exact) mass is 360 g/mol. The van der Waals surface area contributed by atoms with E-state index in [9.17, 15) is 18.0 Å². The summed E-state index contributed by atoms with van der Waals surface area (Å²) in [6.45, 7) is 7.09. The van der Waals surface area contributed by atoms with Crippen LogP contribution in [-0.4, -0.2) is 43.9 Å². The molecule has 3 aliphatic rings. The van der Waals surface area contributed by atoms with Gasteiger partial charge in [0.25, 0.3) is 10.1 Å². The number of ether oxygens (including phenoxy) is 2. The van der Waals surface area contributed by atoms with Gasteiger partial charge in [0.2, 0.25) is 0 Å². The van der Waals surface area contributed by atoms with Crippen molar-refractivity contribution in [3.05, 3.63) is 0 Å². The standard InChI is InChI=1S/C16H24O7S/c1-6-14(2,3)12(17)22-11-9-7-10-15(11,4)23-24(19,20)16(10,8-9)13(18)21-5/h9-11H,6-8H2,1-5H3. The fraction of sp³-hybridized carbons (Fsp3) is 0.875. The highest BCUT2D eigenvalue weighted by atomic mass is 32.2. The molecular weight excluding hydrogens is 336 g/mol. The SMILES string of the molecule is CCC(C)(C)C(=O)OC1C2CC3C1(C)OS(=O)(=O)C3(C(=O)OC)C2. The van der Waals surface area contributed by atoms with Crippen LogP contribution in [-0.2, 0) is 33.4 Å². The molecule has 0 amide bonds. The molecule has 0 N–H and O–H groups in total. The van der Waals surface area contributed by atoms with Gasteiger partial charge in [-0.05, 0) is 40.0 Å². The van der Waals surface area contributed by atoms with Crippen LogP contribution in [0.15, 0.2) is 0 Å². The quantitative estimate of drug-likeness (QED) is 0.552. The summed E-state index contributed by atoms with van der Waals surface area (Å²) in [7, 11) is -2.96. The van der Waals surface area contributed by atoms with Crippen LogP contribution in [0.2, 0.25) is 0 Å². The molecule has 24 heavy (non-hydrogen) atoms. The second kappa shape index (κ2) is 4.94. The van der Waals surface area contributed by atoms with E-state index >= 15 is 0 Å². The maximum atomic E-state index is 12.6. The molecular formula is C16H24O7S. The number of hydrogen-bond donors (Lipinski definition) is 0. The van der Waals surface area contributed by atoms with Crippen molar-refractivity contribution in [1.82, 2.24) is 0 Å². The first kappa shape index (κ1) is 17.7. The third-order valence-corrected chi connectivity index (χ3v) is 8.38. The molecule has 0 aromatic rings. The summed E-state index contributed by atoms with van der Waals surface area (Å²) in [6, 6.07) is 0. The smallest absolute Gasteiger partial charge is 0.330 e. The van der Waals surface area contributed by atoms with Gasteiger partial charge in [0, 0.05) is 11.8 Å². The average Bonchev–Trinajstić information content (AvgIpc) is 3.05. The van der Waals surface area contributed by atoms with E-state index in [0.29, 0.717) is 12.8 Å². The summed E-state index contributed by atoms with van der Waals surface area (Å²) in [5.74, 6) is -1.94. The van der Waals surface area contributed by atoms with Crippen molar-refractivity contribution >= 4 is 22.1 Å². The van der Waals surface area contributed by atoms with Crippen molar-refractivity contribution in [3.8, 4) is 0 Å². The van der Waals surface area contributed by atoms with Gasteiger partial charge in [0.15, 0.2) is 4.75 Å². The third kappa shape index (κ3) is 1.89. The van der Waals surface area contributed by atoms with Gasteiger partial charge in [0.05, 0.1) is 12.5 Å². The lowest BCUT2D eigenvalue weighted by Gasteiger charge is -2.37. The van der Waals surface area contributed by atoms with Crippen molar-refractivity contribution in [2.75, 3.05) is 7.11 Å². The number of hydrogen-bond acceptors (Lipinski definition) is 7. The molecule has 1 heterocycles. The van der Waals surface area contributed by atoms with E-state index in [1.807, 2.05) is 6.92 Å². The highest BCUT2D eigenvalue weighted by Crippen LogP contribution is 2.67. The molecule has 2 aliphatic carbocycles. The van der Waals surface area contributed by atoms with E-state index in [1.54, 1.807) is 20.8 Å². The second-order valence-electron chi connectivity index (χ2n) is 7.92. The molecule has 0 spiro atoms. The third-order valence-electron chi connectivity index (χ3n) is 6.29. The summed E-state index contributed by atoms with van der Waals surface area (Å²) in [6.07, 6.45) is 0.479. The van der Waals surface area contributed by atoms with Gasteiger partial charge >= 0.3 is 11.9 Å². The van der Waals surface area contributed by atoms with Crippen LogP contribution in [0.5, 0.6) is 0 Å². The van der Waals surface area contributed by atoms with Gasteiger partial charge in [-0.1, -0.05) is 6.92 Å². The molecule has 7 nitrogen and oxygen atoms in total. The second-order valence-corrected chi connectivity index (χ2v) is 9.72. The molecule has 8 heteroatoms. The molecule has 3 fully saturated rings. The van der Waals surface area contributed by atoms with Crippen LogP contribution in [0, 0.1) is 17.3 Å². The molecule has 1 aliphatic heterocycles. The Morgan fingerprint density at radius 3 is 2.50 bits per heavy atom. The molecule has 1 saturated heterocycles. The predicted molar refractivity (Wildman–Crippen MR) is 83.3 cm³/mol. The van der Waals surface area contributed by atoms with Gasteiger partial charge in [0.1, 0.15) is 11.7 Å². The molecule has 0 aromatic carbocycles. The summed E-state index contributed by atoms with van der Waals surface area (Å²) in [4.78, 5) is 24.7. The fourth-order valence-electron chi connectivity index (χ4n) is 4.53. The number of methoxy groups -OCH3 is 1. The van der Waals surface area contributed by atoms with Gasteiger partial charge in [-0.25, -0.2) is 0 Å². The minimum atomic E-state index is -4.14. The summed E-state index contributed by atoms with van der Waals surface area (Å²) in [5.41, 5.74) is -1.87. The van der Waals surface area contributed by atoms with Crippen molar-refractivity contribution < 1.29 is 31.7 Å². The number of esters is 2. The first-order chi connectivity index (χ1) is 11.0. The van der Waals surface area contributed by atoms with Crippen LogP contribution in [0.25, 0.3) is 0 Å². The lowest BCUT2D eigenvalue weighted by atomic mass is 9.75. The van der Waals surface area contributed by atoms with E-state index in [1.165, 1.54) is 7.11 Å². The van der Waals surface area contributed by atoms with Crippen LogP contribution < -0.4 is 0 Å². The highest BCUT2D eigenvalue weighted by molar-refractivity contribution is 7.89. The van der Waals surface area contributed by atoms with Crippen LogP contribution in [0.4, 0.5) is 0 Å². The maximum absolute atomic E-state index is 12.6. The van der Waals surface area contributed by atoms with E-state index in [2.05, 4.69) is 0 Å². The van der Waals surface area contributed by atoms with E-state index in [-0.39, 0.29) is 18.3 Å². The molecule has 136 valence electrons. The Labute approximate surface area is 142 Å². The maximum Gasteiger partial charge on any atom is 0.330 e.